The van der Waals surface area contributed by atoms with Crippen LogP contribution < -0.4 is 5.73 Å². The smallest absolute Gasteiger partial charge is 0.353 e. The largest absolute Gasteiger partial charge is 0.477 e. The van der Waals surface area contributed by atoms with E-state index in [1.54, 1.807) is 4.90 Å². The molecule has 2 aliphatic heterocycles. The number of rotatable bonds is 7. The van der Waals surface area contributed by atoms with Crippen LogP contribution in [0.1, 0.15) is 13.8 Å². The Labute approximate surface area is 131 Å². The number of fused-ring (bicyclic) bond motifs is 1. The van der Waals surface area contributed by atoms with Crippen LogP contribution in [0.2, 0.25) is 0 Å². The summed E-state index contributed by atoms with van der Waals surface area (Å²) in [5, 5.41) is 18.6. The summed E-state index contributed by atoms with van der Waals surface area (Å²) < 4.78 is 0. The molecule has 1 saturated heterocycles. The lowest BCUT2D eigenvalue weighted by Crippen LogP contribution is -2.60. The molecule has 1 fully saturated rings. The summed E-state index contributed by atoms with van der Waals surface area (Å²) in [7, 11) is 0. The van der Waals surface area contributed by atoms with E-state index in [4.69, 9.17) is 5.73 Å². The van der Waals surface area contributed by atoms with Crippen LogP contribution in [0.4, 0.5) is 0 Å². The van der Waals surface area contributed by atoms with Gasteiger partial charge in [-0.3, -0.25) is 19.4 Å². The Bertz CT molecular complexity index is 548. The van der Waals surface area contributed by atoms with Crippen LogP contribution in [-0.2, 0) is 14.4 Å². The van der Waals surface area contributed by atoms with E-state index in [2.05, 4.69) is 0 Å². The molecule has 0 spiro atoms. The zero-order chi connectivity index (χ0) is 16.6. The van der Waals surface area contributed by atoms with E-state index < -0.39 is 23.9 Å². The number of carbonyl (C=O) groups is 3. The van der Waals surface area contributed by atoms with Gasteiger partial charge in [0.25, 0.3) is 0 Å². The first-order valence-electron chi connectivity index (χ1n) is 6.92. The number of aliphatic carboxylic acids is 1. The van der Waals surface area contributed by atoms with Crippen molar-refractivity contribution >= 4 is 29.5 Å². The summed E-state index contributed by atoms with van der Waals surface area (Å²) in [6.45, 7) is 4.13. The number of nitrogens with two attached hydrogens (primary N) is 1. The van der Waals surface area contributed by atoms with Gasteiger partial charge in [0.1, 0.15) is 11.1 Å². The van der Waals surface area contributed by atoms with Crippen molar-refractivity contribution in [3.05, 3.63) is 10.6 Å². The molecule has 2 amide bonds. The molecular weight excluding hydrogens is 310 g/mol. The molecule has 0 aromatic rings. The maximum atomic E-state index is 12.0. The Balaban J connectivity index is 2.21. The van der Waals surface area contributed by atoms with E-state index in [1.165, 1.54) is 23.6 Å². The minimum atomic E-state index is -1.18. The van der Waals surface area contributed by atoms with Gasteiger partial charge >= 0.3 is 5.97 Å². The maximum Gasteiger partial charge on any atom is 0.353 e. The molecule has 0 aromatic carbocycles. The second kappa shape index (κ2) is 6.27. The number of likely N-dealkylation sites (N-methyl/N-ethyl adjacent to an activating group) is 1. The van der Waals surface area contributed by atoms with Gasteiger partial charge in [0.2, 0.25) is 11.8 Å². The second-order valence-electron chi connectivity index (χ2n) is 5.33. The number of primary amides is 1. The van der Waals surface area contributed by atoms with Gasteiger partial charge in [-0.25, -0.2) is 4.79 Å². The van der Waals surface area contributed by atoms with Gasteiger partial charge in [0.05, 0.1) is 18.6 Å². The van der Waals surface area contributed by atoms with Gasteiger partial charge in [0, 0.05) is 11.4 Å². The lowest BCUT2D eigenvalue weighted by molar-refractivity contribution is -0.156. The third-order valence-electron chi connectivity index (χ3n) is 3.77. The fraction of sp³-hybridized carbons (Fsp3) is 0.615. The van der Waals surface area contributed by atoms with E-state index in [-0.39, 0.29) is 30.1 Å². The highest BCUT2D eigenvalue weighted by atomic mass is 32.2. The van der Waals surface area contributed by atoms with Gasteiger partial charge in [-0.1, -0.05) is 6.92 Å². The van der Waals surface area contributed by atoms with E-state index >= 15 is 0 Å². The van der Waals surface area contributed by atoms with Gasteiger partial charge in [-0.05, 0) is 13.5 Å². The SMILES string of the molecule is CCN(CC(N)=O)CC1=C(C(=O)O)N2C(=O)[C@H]([C@@H](C)O)[C@H]2S1. The number of carboxylic acid groups (broad SMARTS) is 1. The van der Waals surface area contributed by atoms with Crippen molar-refractivity contribution < 1.29 is 24.6 Å². The number of amides is 2. The summed E-state index contributed by atoms with van der Waals surface area (Å²) in [5.74, 6) is -2.65. The zero-order valence-electron chi connectivity index (χ0n) is 12.4. The van der Waals surface area contributed by atoms with Crippen molar-refractivity contribution in [1.82, 2.24) is 9.80 Å². The second-order valence-corrected chi connectivity index (χ2v) is 6.54. The molecule has 122 valence electrons. The predicted molar refractivity (Wildman–Crippen MR) is 79.4 cm³/mol. The summed E-state index contributed by atoms with van der Waals surface area (Å²) in [4.78, 5) is 38.0. The summed E-state index contributed by atoms with van der Waals surface area (Å²) in [5.41, 5.74) is 5.12. The predicted octanol–water partition coefficient (Wildman–Crippen LogP) is -0.998. The number of nitrogens with zero attached hydrogens (tertiary/aromatic N) is 2. The lowest BCUT2D eigenvalue weighted by Gasteiger charge is -2.43. The molecule has 9 heteroatoms. The number of β-lactam (4-membered cyclic amide) rings is 1. The van der Waals surface area contributed by atoms with Crippen molar-refractivity contribution in [2.75, 3.05) is 19.6 Å². The van der Waals surface area contributed by atoms with Gasteiger partial charge in [-0.2, -0.15) is 0 Å². The van der Waals surface area contributed by atoms with Gasteiger partial charge in [-0.15, -0.1) is 11.8 Å². The molecular formula is C13H19N3O5S. The van der Waals surface area contributed by atoms with Crippen LogP contribution >= 0.6 is 11.8 Å². The Kier molecular flexibility index (Phi) is 4.78. The van der Waals surface area contributed by atoms with Crippen LogP contribution in [0, 0.1) is 5.92 Å². The van der Waals surface area contributed by atoms with Crippen molar-refractivity contribution in [1.29, 1.82) is 0 Å². The molecule has 8 nitrogen and oxygen atoms in total. The first-order valence-corrected chi connectivity index (χ1v) is 7.80. The minimum Gasteiger partial charge on any atom is -0.477 e. The lowest BCUT2D eigenvalue weighted by atomic mass is 9.92. The number of hydrogen-bond acceptors (Lipinski definition) is 6. The summed E-state index contributed by atoms with van der Waals surface area (Å²) >= 11 is 1.26. The van der Waals surface area contributed by atoms with E-state index in [0.717, 1.165) is 0 Å². The molecule has 22 heavy (non-hydrogen) atoms. The average Bonchev–Trinajstić information content (AvgIpc) is 2.71. The molecule has 0 unspecified atom stereocenters. The number of carbonyl (C=O) groups excluding carboxylic acids is 2. The highest BCUT2D eigenvalue weighted by Gasteiger charge is 2.57. The Morgan fingerprint density at radius 3 is 2.59 bits per heavy atom. The normalized spacial score (nSPS) is 25.3. The maximum absolute atomic E-state index is 12.0. The highest BCUT2D eigenvalue weighted by Crippen LogP contribution is 2.50. The Hall–Kier alpha value is -1.58. The third kappa shape index (κ3) is 2.83. The van der Waals surface area contributed by atoms with Crippen LogP contribution in [0.25, 0.3) is 0 Å². The summed E-state index contributed by atoms with van der Waals surface area (Å²) in [6.07, 6.45) is -0.830. The summed E-state index contributed by atoms with van der Waals surface area (Å²) in [6, 6.07) is 0. The van der Waals surface area contributed by atoms with Crippen LogP contribution in [0.15, 0.2) is 10.6 Å². The number of aliphatic hydroxyl groups excluding tert-OH is 1. The fourth-order valence-corrected chi connectivity index (χ4v) is 4.32. The molecule has 0 bridgehead atoms. The fourth-order valence-electron chi connectivity index (χ4n) is 2.67. The van der Waals surface area contributed by atoms with Crippen LogP contribution in [0.5, 0.6) is 0 Å². The Morgan fingerprint density at radius 1 is 1.50 bits per heavy atom. The zero-order valence-corrected chi connectivity index (χ0v) is 13.2. The first-order chi connectivity index (χ1) is 10.3. The highest BCUT2D eigenvalue weighted by molar-refractivity contribution is 8.04. The van der Waals surface area contributed by atoms with Crippen LogP contribution in [0.3, 0.4) is 0 Å². The third-order valence-corrected chi connectivity index (χ3v) is 5.12. The molecule has 0 saturated carbocycles. The molecule has 4 N–H and O–H groups in total. The topological polar surface area (TPSA) is 124 Å². The first kappa shape index (κ1) is 16.8. The minimum absolute atomic E-state index is 0.0197. The van der Waals surface area contributed by atoms with Gasteiger partial charge in [0.15, 0.2) is 0 Å². The number of aliphatic hydroxyl groups is 1. The van der Waals surface area contributed by atoms with Crippen molar-refractivity contribution in [3.63, 3.8) is 0 Å². The monoisotopic (exact) mass is 329 g/mol. The number of thioether (sulfide) groups is 1. The molecule has 2 heterocycles. The van der Waals surface area contributed by atoms with Crippen molar-refractivity contribution in [2.45, 2.75) is 25.3 Å². The molecule has 2 aliphatic rings. The molecule has 3 atom stereocenters. The molecule has 0 aliphatic carbocycles. The van der Waals surface area contributed by atoms with E-state index in [0.29, 0.717) is 11.4 Å². The number of carboxylic acids is 1. The van der Waals surface area contributed by atoms with Crippen LogP contribution in [-0.4, -0.2) is 68.9 Å². The molecule has 0 aromatic heterocycles. The van der Waals surface area contributed by atoms with E-state index in [9.17, 15) is 24.6 Å². The van der Waals surface area contributed by atoms with E-state index in [1.807, 2.05) is 6.92 Å². The Morgan fingerprint density at radius 2 is 2.14 bits per heavy atom. The molecule has 0 radical (unpaired) electrons. The number of hydrogen-bond donors (Lipinski definition) is 3. The van der Waals surface area contributed by atoms with Crippen molar-refractivity contribution in [2.24, 2.45) is 11.7 Å². The quantitative estimate of drug-likeness (QED) is 0.512. The van der Waals surface area contributed by atoms with Gasteiger partial charge < -0.3 is 15.9 Å². The molecule has 2 rings (SSSR count). The van der Waals surface area contributed by atoms with Crippen molar-refractivity contribution in [3.8, 4) is 0 Å². The standard InChI is InChI=1S/C13H19N3O5S/c1-3-15(5-8(14)18)4-7-10(13(20)21)16-11(19)9(6(2)17)12(16)22-7/h6,9,12,17H,3-5H2,1-2H3,(H2,14,18)(H,20,21)/t6-,9+,12-/m1/s1. The average molecular weight is 329 g/mol.